The van der Waals surface area contributed by atoms with Gasteiger partial charge >= 0.3 is 0 Å². The molecule has 2 atom stereocenters. The van der Waals surface area contributed by atoms with E-state index in [1.807, 2.05) is 0 Å². The minimum Gasteiger partial charge on any atom is -0.299 e. The van der Waals surface area contributed by atoms with Gasteiger partial charge in [0.05, 0.1) is 23.7 Å². The molecule has 1 aliphatic rings. The van der Waals surface area contributed by atoms with Crippen molar-refractivity contribution in [3.05, 3.63) is 29.3 Å². The van der Waals surface area contributed by atoms with Gasteiger partial charge < -0.3 is 0 Å². The maximum absolute atomic E-state index is 12.1. The lowest BCUT2D eigenvalue weighted by molar-refractivity contribution is -0.121. The second-order valence-electron chi connectivity index (χ2n) is 5.28. The third kappa shape index (κ3) is 3.24. The highest BCUT2D eigenvalue weighted by Gasteiger charge is 2.32. The van der Waals surface area contributed by atoms with Crippen LogP contribution in [0.5, 0.6) is 0 Å². The Bertz CT molecular complexity index is 704. The van der Waals surface area contributed by atoms with Crippen molar-refractivity contribution in [2.75, 3.05) is 10.5 Å². The highest BCUT2D eigenvalue weighted by Crippen LogP contribution is 2.35. The minimum absolute atomic E-state index is 0.0106. The molecule has 0 spiro atoms. The van der Waals surface area contributed by atoms with Gasteiger partial charge in [-0.25, -0.2) is 8.42 Å². The Labute approximate surface area is 125 Å². The highest BCUT2D eigenvalue weighted by atomic mass is 32.2. The number of hydrogen-bond acceptors (Lipinski definition) is 4. The van der Waals surface area contributed by atoms with E-state index in [2.05, 4.69) is 10.8 Å². The number of Topliss-reactive ketones (excluding diaryl/α,β-unsaturated/α-hetero) is 1. The summed E-state index contributed by atoms with van der Waals surface area (Å²) < 4.78 is 25.7. The normalized spacial score (nSPS) is 19.5. The topological polar surface area (TPSA) is 87.0 Å². The average molecular weight is 306 g/mol. The monoisotopic (exact) mass is 306 g/mol. The van der Waals surface area contributed by atoms with Crippen LogP contribution in [0.3, 0.4) is 0 Å². The first-order valence-corrected chi connectivity index (χ1v) is 8.59. The molecule has 6 heteroatoms. The number of carbonyl (C=O) groups is 1. The van der Waals surface area contributed by atoms with Gasteiger partial charge in [-0.2, -0.15) is 5.26 Å². The fraction of sp³-hybridized carbons (Fsp3) is 0.467. The van der Waals surface area contributed by atoms with Crippen LogP contribution in [0.4, 0.5) is 5.69 Å². The van der Waals surface area contributed by atoms with Crippen molar-refractivity contribution in [1.29, 1.82) is 5.26 Å². The van der Waals surface area contributed by atoms with Gasteiger partial charge in [-0.05, 0) is 43.5 Å². The molecule has 1 aromatic carbocycles. The molecule has 0 unspecified atom stereocenters. The molecule has 0 aromatic heterocycles. The second kappa shape index (κ2) is 5.86. The van der Waals surface area contributed by atoms with Crippen molar-refractivity contribution < 1.29 is 13.2 Å². The van der Waals surface area contributed by atoms with Crippen molar-refractivity contribution in [3.63, 3.8) is 0 Å². The standard InChI is InChI=1S/C15H18N2O3S/c1-3-21(19,20)17-12-5-6-13-11(8-12)4-7-14(18)15(13)10(2)9-16/h5-6,8,10,15,17H,3-4,7H2,1-2H3/t10-,15-/m1/s1. The third-order valence-corrected chi connectivity index (χ3v) is 5.13. The SMILES string of the molecule is CCS(=O)(=O)Nc1ccc2c(c1)CCC(=O)[C@@H]2[C@H](C)C#N. The van der Waals surface area contributed by atoms with E-state index in [9.17, 15) is 13.2 Å². The smallest absolute Gasteiger partial charge is 0.232 e. The quantitative estimate of drug-likeness (QED) is 0.924. The van der Waals surface area contributed by atoms with Gasteiger partial charge in [0.2, 0.25) is 10.0 Å². The number of nitriles is 1. The molecule has 112 valence electrons. The minimum atomic E-state index is -3.31. The van der Waals surface area contributed by atoms with Gasteiger partial charge in [-0.1, -0.05) is 6.07 Å². The number of sulfonamides is 1. The van der Waals surface area contributed by atoms with Crippen LogP contribution in [0.1, 0.15) is 37.3 Å². The summed E-state index contributed by atoms with van der Waals surface area (Å²) in [4.78, 5) is 12.1. The van der Waals surface area contributed by atoms with Crippen molar-refractivity contribution in [3.8, 4) is 6.07 Å². The summed E-state index contributed by atoms with van der Waals surface area (Å²) in [6, 6.07) is 7.32. The summed E-state index contributed by atoms with van der Waals surface area (Å²) in [6.07, 6.45) is 0.984. The molecule has 0 fully saturated rings. The van der Waals surface area contributed by atoms with Crippen LogP contribution in [0.15, 0.2) is 18.2 Å². The molecule has 2 rings (SSSR count). The van der Waals surface area contributed by atoms with Crippen molar-refractivity contribution in [2.45, 2.75) is 32.6 Å². The van der Waals surface area contributed by atoms with Crippen LogP contribution >= 0.6 is 0 Å². The van der Waals surface area contributed by atoms with Gasteiger partial charge in [-0.3, -0.25) is 9.52 Å². The van der Waals surface area contributed by atoms with Crippen LogP contribution in [-0.2, 0) is 21.2 Å². The molecule has 0 radical (unpaired) electrons. The Hall–Kier alpha value is -1.87. The molecule has 0 saturated heterocycles. The Kier molecular flexibility index (Phi) is 4.33. The van der Waals surface area contributed by atoms with Crippen LogP contribution < -0.4 is 4.72 Å². The lowest BCUT2D eigenvalue weighted by Crippen LogP contribution is -2.25. The van der Waals surface area contributed by atoms with Crippen LogP contribution in [0.2, 0.25) is 0 Å². The van der Waals surface area contributed by atoms with Gasteiger partial charge in [0, 0.05) is 12.1 Å². The van der Waals surface area contributed by atoms with Gasteiger partial charge in [0.25, 0.3) is 0 Å². The molecule has 0 heterocycles. The van der Waals surface area contributed by atoms with E-state index in [0.29, 0.717) is 18.5 Å². The number of ketones is 1. The zero-order valence-electron chi connectivity index (χ0n) is 12.1. The molecular formula is C15H18N2O3S. The summed E-state index contributed by atoms with van der Waals surface area (Å²) in [6.45, 7) is 3.31. The van der Waals surface area contributed by atoms with Crippen LogP contribution in [0, 0.1) is 17.2 Å². The first-order chi connectivity index (χ1) is 9.88. The summed E-state index contributed by atoms with van der Waals surface area (Å²) in [7, 11) is -3.31. The van der Waals surface area contributed by atoms with E-state index in [1.165, 1.54) is 0 Å². The number of nitrogens with zero attached hydrogens (tertiary/aromatic N) is 1. The van der Waals surface area contributed by atoms with Crippen LogP contribution in [0.25, 0.3) is 0 Å². The maximum Gasteiger partial charge on any atom is 0.232 e. The fourth-order valence-electron chi connectivity index (χ4n) is 2.65. The van der Waals surface area contributed by atoms with Crippen molar-refractivity contribution in [2.24, 2.45) is 5.92 Å². The lowest BCUT2D eigenvalue weighted by Gasteiger charge is -2.26. The molecule has 21 heavy (non-hydrogen) atoms. The van der Waals surface area contributed by atoms with E-state index >= 15 is 0 Å². The van der Waals surface area contributed by atoms with Gasteiger partial charge in [-0.15, -0.1) is 0 Å². The van der Waals surface area contributed by atoms with E-state index in [1.54, 1.807) is 32.0 Å². The molecule has 0 aliphatic heterocycles. The molecular weight excluding hydrogens is 288 g/mol. The van der Waals surface area contributed by atoms with E-state index in [4.69, 9.17) is 5.26 Å². The molecule has 0 bridgehead atoms. The average Bonchev–Trinajstić information content (AvgIpc) is 2.46. The zero-order valence-corrected chi connectivity index (χ0v) is 12.9. The zero-order chi connectivity index (χ0) is 15.6. The molecule has 1 N–H and O–H groups in total. The number of rotatable bonds is 4. The Morgan fingerprint density at radius 1 is 1.43 bits per heavy atom. The van der Waals surface area contributed by atoms with Gasteiger partial charge in [0.15, 0.2) is 0 Å². The fourth-order valence-corrected chi connectivity index (χ4v) is 3.28. The number of fused-ring (bicyclic) bond motifs is 1. The predicted molar refractivity (Wildman–Crippen MR) is 80.4 cm³/mol. The number of hydrogen-bond donors (Lipinski definition) is 1. The number of anilines is 1. The summed E-state index contributed by atoms with van der Waals surface area (Å²) in [5.74, 6) is -0.694. The molecule has 1 aliphatic carbocycles. The van der Waals surface area contributed by atoms with E-state index in [0.717, 1.165) is 11.1 Å². The number of nitrogens with one attached hydrogen (secondary N) is 1. The number of carbonyl (C=O) groups excluding carboxylic acids is 1. The first kappa shape index (κ1) is 15.5. The largest absolute Gasteiger partial charge is 0.299 e. The predicted octanol–water partition coefficient (Wildman–Crippen LogP) is 2.21. The van der Waals surface area contributed by atoms with Crippen molar-refractivity contribution in [1.82, 2.24) is 0 Å². The molecule has 5 nitrogen and oxygen atoms in total. The van der Waals surface area contributed by atoms with Crippen LogP contribution in [-0.4, -0.2) is 20.0 Å². The summed E-state index contributed by atoms with van der Waals surface area (Å²) in [5.41, 5.74) is 2.30. The Morgan fingerprint density at radius 3 is 2.76 bits per heavy atom. The Morgan fingerprint density at radius 2 is 2.14 bits per heavy atom. The first-order valence-electron chi connectivity index (χ1n) is 6.93. The number of aryl methyl sites for hydroxylation is 1. The molecule has 1 aromatic rings. The summed E-state index contributed by atoms with van der Waals surface area (Å²) in [5, 5.41) is 9.08. The Balaban J connectivity index is 2.38. The van der Waals surface area contributed by atoms with Crippen molar-refractivity contribution >= 4 is 21.5 Å². The number of benzene rings is 1. The second-order valence-corrected chi connectivity index (χ2v) is 7.29. The van der Waals surface area contributed by atoms with E-state index in [-0.39, 0.29) is 17.5 Å². The third-order valence-electron chi connectivity index (χ3n) is 3.82. The van der Waals surface area contributed by atoms with E-state index < -0.39 is 15.9 Å². The summed E-state index contributed by atoms with van der Waals surface area (Å²) >= 11 is 0. The molecule has 0 amide bonds. The van der Waals surface area contributed by atoms with Gasteiger partial charge in [0.1, 0.15) is 5.78 Å². The maximum atomic E-state index is 12.1. The molecule has 0 saturated carbocycles. The lowest BCUT2D eigenvalue weighted by atomic mass is 9.76. The highest BCUT2D eigenvalue weighted by molar-refractivity contribution is 7.92.